The number of thioether (sulfide) groups is 1. The van der Waals surface area contributed by atoms with Crippen LogP contribution >= 0.6 is 43.6 Å². The van der Waals surface area contributed by atoms with E-state index in [1.165, 1.54) is 4.90 Å². The fourth-order valence-corrected chi connectivity index (χ4v) is 3.81. The quantitative estimate of drug-likeness (QED) is 0.618. The molecule has 4 nitrogen and oxygen atoms in total. The number of imide groups is 1. The molecule has 2 aromatic rings. The lowest BCUT2D eigenvalue weighted by molar-refractivity contribution is -0.122. The van der Waals surface area contributed by atoms with E-state index in [0.29, 0.717) is 4.91 Å². The number of rotatable bonds is 4. The molecule has 2 amide bonds. The van der Waals surface area contributed by atoms with Crippen molar-refractivity contribution in [2.75, 3.05) is 12.0 Å². The molecule has 0 spiro atoms. The fraction of sp³-hybridized carbons (Fsp3) is 0.0588. The summed E-state index contributed by atoms with van der Waals surface area (Å²) in [4.78, 5) is 26.2. The molecule has 0 atom stereocenters. The van der Waals surface area contributed by atoms with Gasteiger partial charge in [0.15, 0.2) is 0 Å². The van der Waals surface area contributed by atoms with Gasteiger partial charge in [0.05, 0.1) is 11.6 Å². The van der Waals surface area contributed by atoms with Crippen LogP contribution in [0.3, 0.4) is 0 Å². The van der Waals surface area contributed by atoms with Gasteiger partial charge in [0.1, 0.15) is 0 Å². The van der Waals surface area contributed by atoms with Gasteiger partial charge in [-0.15, -0.1) is 0 Å². The molecule has 1 saturated heterocycles. The Morgan fingerprint density at radius 3 is 2.46 bits per heavy atom. The summed E-state index contributed by atoms with van der Waals surface area (Å²) in [5, 5.41) is 2.81. The van der Waals surface area contributed by atoms with Crippen molar-refractivity contribution in [1.29, 1.82) is 0 Å². The Bertz CT molecular complexity index is 839. The molecular weight excluding hydrogens is 456 g/mol. The van der Waals surface area contributed by atoms with Gasteiger partial charge >= 0.3 is 0 Å². The van der Waals surface area contributed by atoms with E-state index in [2.05, 4.69) is 37.2 Å². The van der Waals surface area contributed by atoms with Crippen LogP contribution in [0.25, 0.3) is 6.08 Å². The van der Waals surface area contributed by atoms with E-state index in [0.717, 1.165) is 32.0 Å². The number of carbonyl (C=O) groups excluding carboxylic acids is 2. The van der Waals surface area contributed by atoms with Crippen LogP contribution in [0.4, 0.5) is 10.5 Å². The van der Waals surface area contributed by atoms with E-state index >= 15 is 0 Å². The first-order chi connectivity index (χ1) is 11.5. The second kappa shape index (κ2) is 7.55. The summed E-state index contributed by atoms with van der Waals surface area (Å²) in [6.07, 6.45) is 1.73. The summed E-state index contributed by atoms with van der Waals surface area (Å²) in [5.41, 5.74) is 1.70. The molecule has 24 heavy (non-hydrogen) atoms. The Kier molecular flexibility index (Phi) is 5.43. The largest absolute Gasteiger partial charge is 0.367 e. The van der Waals surface area contributed by atoms with Crippen LogP contribution in [-0.2, 0) is 4.79 Å². The molecule has 0 bridgehead atoms. The molecule has 3 rings (SSSR count). The number of hydrogen-bond donors (Lipinski definition) is 1. The first-order valence-electron chi connectivity index (χ1n) is 7.03. The van der Waals surface area contributed by atoms with Crippen LogP contribution in [0, 0.1) is 0 Å². The van der Waals surface area contributed by atoms with E-state index in [9.17, 15) is 9.59 Å². The van der Waals surface area contributed by atoms with Gasteiger partial charge < -0.3 is 5.32 Å². The standard InChI is InChI=1S/C17H12Br2N2O2S/c18-12-4-1-3-11(7-12)8-15-16(22)21(17(23)24-15)10-20-14-6-2-5-13(19)9-14/h1-9,20H,10H2. The monoisotopic (exact) mass is 466 g/mol. The van der Waals surface area contributed by atoms with E-state index in [1.807, 2.05) is 48.5 Å². The maximum atomic E-state index is 12.4. The predicted molar refractivity (Wildman–Crippen MR) is 105 cm³/mol. The van der Waals surface area contributed by atoms with Crippen molar-refractivity contribution in [2.24, 2.45) is 0 Å². The van der Waals surface area contributed by atoms with Crippen molar-refractivity contribution in [3.05, 3.63) is 67.9 Å². The SMILES string of the molecule is O=C1SC(=Cc2cccc(Br)c2)C(=O)N1CNc1cccc(Br)c1. The van der Waals surface area contributed by atoms with Gasteiger partial charge in [-0.1, -0.05) is 50.1 Å². The Balaban J connectivity index is 1.72. The van der Waals surface area contributed by atoms with Gasteiger partial charge in [0.25, 0.3) is 11.1 Å². The smallest absolute Gasteiger partial charge is 0.295 e. The molecular formula is C17H12Br2N2O2S. The van der Waals surface area contributed by atoms with Gasteiger partial charge in [0.2, 0.25) is 0 Å². The lowest BCUT2D eigenvalue weighted by atomic mass is 10.2. The number of anilines is 1. The summed E-state index contributed by atoms with van der Waals surface area (Å²) in [5.74, 6) is -0.285. The molecule has 2 aromatic carbocycles. The fourth-order valence-electron chi connectivity index (χ4n) is 2.15. The molecule has 0 aliphatic carbocycles. The zero-order chi connectivity index (χ0) is 17.1. The lowest BCUT2D eigenvalue weighted by Crippen LogP contribution is -2.33. The van der Waals surface area contributed by atoms with Crippen molar-refractivity contribution in [2.45, 2.75) is 0 Å². The third kappa shape index (κ3) is 4.09. The summed E-state index contributed by atoms with van der Waals surface area (Å²) in [6, 6.07) is 15.1. The minimum Gasteiger partial charge on any atom is -0.367 e. The number of amides is 2. The topological polar surface area (TPSA) is 49.4 Å². The number of carbonyl (C=O) groups is 2. The maximum absolute atomic E-state index is 12.4. The van der Waals surface area contributed by atoms with Gasteiger partial charge in [-0.05, 0) is 53.7 Å². The molecule has 122 valence electrons. The van der Waals surface area contributed by atoms with E-state index in [1.54, 1.807) is 6.08 Å². The lowest BCUT2D eigenvalue weighted by Gasteiger charge is -2.14. The molecule has 1 heterocycles. The van der Waals surface area contributed by atoms with Crippen LogP contribution in [0.1, 0.15) is 5.56 Å². The highest BCUT2D eigenvalue weighted by Crippen LogP contribution is 2.32. The average Bonchev–Trinajstić information content (AvgIpc) is 2.79. The molecule has 1 N–H and O–H groups in total. The third-order valence-electron chi connectivity index (χ3n) is 3.29. The molecule has 0 saturated carbocycles. The minimum absolute atomic E-state index is 0.136. The van der Waals surface area contributed by atoms with Crippen molar-refractivity contribution in [1.82, 2.24) is 4.90 Å². The summed E-state index contributed by atoms with van der Waals surface area (Å²) in [7, 11) is 0. The van der Waals surface area contributed by atoms with Crippen LogP contribution in [0.15, 0.2) is 62.4 Å². The normalized spacial score (nSPS) is 16.1. The Hall–Kier alpha value is -1.57. The second-order valence-electron chi connectivity index (χ2n) is 5.01. The molecule has 0 radical (unpaired) electrons. The Labute approximate surface area is 160 Å². The van der Waals surface area contributed by atoms with Crippen LogP contribution in [0.2, 0.25) is 0 Å². The number of halogens is 2. The maximum Gasteiger partial charge on any atom is 0.295 e. The minimum atomic E-state index is -0.285. The first kappa shape index (κ1) is 17.3. The molecule has 0 unspecified atom stereocenters. The van der Waals surface area contributed by atoms with Crippen molar-refractivity contribution in [3.63, 3.8) is 0 Å². The van der Waals surface area contributed by atoms with Crippen molar-refractivity contribution >= 4 is 66.5 Å². The highest BCUT2D eigenvalue weighted by molar-refractivity contribution is 9.10. The van der Waals surface area contributed by atoms with E-state index in [-0.39, 0.29) is 17.8 Å². The molecule has 1 aliphatic rings. The molecule has 1 fully saturated rings. The highest BCUT2D eigenvalue weighted by atomic mass is 79.9. The highest BCUT2D eigenvalue weighted by Gasteiger charge is 2.34. The van der Waals surface area contributed by atoms with Crippen molar-refractivity contribution in [3.8, 4) is 0 Å². The summed E-state index contributed by atoms with van der Waals surface area (Å²) in [6.45, 7) is 0.136. The molecule has 0 aromatic heterocycles. The molecule has 7 heteroatoms. The van der Waals surface area contributed by atoms with Crippen LogP contribution in [-0.4, -0.2) is 22.7 Å². The first-order valence-corrected chi connectivity index (χ1v) is 9.43. The van der Waals surface area contributed by atoms with E-state index < -0.39 is 0 Å². The van der Waals surface area contributed by atoms with Crippen LogP contribution in [0.5, 0.6) is 0 Å². The van der Waals surface area contributed by atoms with Crippen molar-refractivity contribution < 1.29 is 9.59 Å². The zero-order valence-corrected chi connectivity index (χ0v) is 16.3. The van der Waals surface area contributed by atoms with Gasteiger partial charge in [0, 0.05) is 14.6 Å². The molecule has 1 aliphatic heterocycles. The van der Waals surface area contributed by atoms with Gasteiger partial charge in [-0.3, -0.25) is 14.5 Å². The van der Waals surface area contributed by atoms with Gasteiger partial charge in [-0.2, -0.15) is 0 Å². The number of hydrogen-bond acceptors (Lipinski definition) is 4. The number of benzene rings is 2. The predicted octanol–water partition coefficient (Wildman–Crippen LogP) is 5.32. The van der Waals surface area contributed by atoms with E-state index in [4.69, 9.17) is 0 Å². The second-order valence-corrected chi connectivity index (χ2v) is 7.83. The summed E-state index contributed by atoms with van der Waals surface area (Å²) < 4.78 is 1.85. The van der Waals surface area contributed by atoms with Gasteiger partial charge in [-0.25, -0.2) is 0 Å². The van der Waals surface area contributed by atoms with Crippen LogP contribution < -0.4 is 5.32 Å². The zero-order valence-electron chi connectivity index (χ0n) is 12.3. The Morgan fingerprint density at radius 2 is 1.75 bits per heavy atom. The average molecular weight is 468 g/mol. The Morgan fingerprint density at radius 1 is 1.04 bits per heavy atom. The number of nitrogens with one attached hydrogen (secondary N) is 1. The summed E-state index contributed by atoms with van der Waals surface area (Å²) >= 11 is 7.74. The number of nitrogens with zero attached hydrogens (tertiary/aromatic N) is 1. The third-order valence-corrected chi connectivity index (χ3v) is 5.18.